The maximum Gasteiger partial charge on any atom is 0.236 e. The molecule has 0 bridgehead atoms. The van der Waals surface area contributed by atoms with Gasteiger partial charge in [-0.05, 0) is 50.8 Å². The molecule has 0 saturated carbocycles. The number of benzene rings is 1. The average molecular weight is 352 g/mol. The van der Waals surface area contributed by atoms with E-state index in [4.69, 9.17) is 11.6 Å². The van der Waals surface area contributed by atoms with E-state index >= 15 is 0 Å². The van der Waals surface area contributed by atoms with Gasteiger partial charge in [0.1, 0.15) is 0 Å². The van der Waals surface area contributed by atoms with Gasteiger partial charge in [-0.3, -0.25) is 4.79 Å². The summed E-state index contributed by atoms with van der Waals surface area (Å²) >= 11 is 7.49. The van der Waals surface area contributed by atoms with Gasteiger partial charge in [-0.2, -0.15) is 0 Å². The van der Waals surface area contributed by atoms with Gasteiger partial charge in [0.15, 0.2) is 5.16 Å². The van der Waals surface area contributed by atoms with Crippen molar-refractivity contribution in [2.75, 3.05) is 6.54 Å². The van der Waals surface area contributed by atoms with E-state index < -0.39 is 0 Å². The van der Waals surface area contributed by atoms with Crippen LogP contribution in [0.25, 0.3) is 11.0 Å². The molecule has 1 fully saturated rings. The van der Waals surface area contributed by atoms with Crippen molar-refractivity contribution in [1.29, 1.82) is 0 Å². The zero-order chi connectivity index (χ0) is 16.4. The normalized spacial score (nSPS) is 20.0. The Kier molecular flexibility index (Phi) is 5.17. The molecule has 1 aromatic carbocycles. The molecule has 124 valence electrons. The highest BCUT2D eigenvalue weighted by molar-refractivity contribution is 8.00. The molecule has 1 amide bonds. The first kappa shape index (κ1) is 16.7. The summed E-state index contributed by atoms with van der Waals surface area (Å²) in [6.45, 7) is 5.02. The van der Waals surface area contributed by atoms with Crippen LogP contribution in [0.1, 0.15) is 39.5 Å². The third kappa shape index (κ3) is 3.66. The maximum absolute atomic E-state index is 12.8. The van der Waals surface area contributed by atoms with Crippen molar-refractivity contribution in [3.8, 4) is 0 Å². The lowest BCUT2D eigenvalue weighted by Crippen LogP contribution is -2.46. The molecule has 1 saturated heterocycles. The quantitative estimate of drug-likeness (QED) is 0.826. The molecule has 2 atom stereocenters. The Labute approximate surface area is 146 Å². The van der Waals surface area contributed by atoms with E-state index in [0.29, 0.717) is 11.1 Å². The number of hydrogen-bond donors (Lipinski definition) is 1. The number of amides is 1. The Hall–Kier alpha value is -1.20. The van der Waals surface area contributed by atoms with Gasteiger partial charge in [-0.25, -0.2) is 4.98 Å². The highest BCUT2D eigenvalue weighted by Crippen LogP contribution is 2.28. The number of carbonyl (C=O) groups excluding carboxylic acids is 1. The SMILES string of the molecule is CCC1CCCCN1C(=O)C(C)Sc1nc2ccc(Cl)cc2[nH]1. The second-order valence-corrected chi connectivity index (χ2v) is 7.82. The van der Waals surface area contributed by atoms with Crippen molar-refractivity contribution in [2.24, 2.45) is 0 Å². The Morgan fingerprint density at radius 3 is 3.13 bits per heavy atom. The highest BCUT2D eigenvalue weighted by atomic mass is 35.5. The predicted molar refractivity (Wildman–Crippen MR) is 96.1 cm³/mol. The summed E-state index contributed by atoms with van der Waals surface area (Å²) in [4.78, 5) is 22.6. The molecule has 2 unspecified atom stereocenters. The van der Waals surface area contributed by atoms with Crippen LogP contribution in [0.5, 0.6) is 0 Å². The van der Waals surface area contributed by atoms with Crippen LogP contribution in [0.3, 0.4) is 0 Å². The van der Waals surface area contributed by atoms with Gasteiger partial charge in [-0.1, -0.05) is 30.3 Å². The number of nitrogens with zero attached hydrogens (tertiary/aromatic N) is 2. The van der Waals surface area contributed by atoms with Crippen LogP contribution in [0.15, 0.2) is 23.4 Å². The summed E-state index contributed by atoms with van der Waals surface area (Å²) < 4.78 is 0. The first-order chi connectivity index (χ1) is 11.1. The topological polar surface area (TPSA) is 49.0 Å². The van der Waals surface area contributed by atoms with Crippen LogP contribution in [0.2, 0.25) is 5.02 Å². The number of fused-ring (bicyclic) bond motifs is 1. The van der Waals surface area contributed by atoms with Crippen molar-refractivity contribution in [3.05, 3.63) is 23.2 Å². The molecule has 3 rings (SSSR count). The van der Waals surface area contributed by atoms with E-state index in [1.165, 1.54) is 18.2 Å². The number of rotatable bonds is 4. The van der Waals surface area contributed by atoms with Gasteiger partial charge in [0.05, 0.1) is 16.3 Å². The van der Waals surface area contributed by atoms with Crippen molar-refractivity contribution < 1.29 is 4.79 Å². The van der Waals surface area contributed by atoms with Crippen LogP contribution in [-0.4, -0.2) is 38.6 Å². The summed E-state index contributed by atoms with van der Waals surface area (Å²) in [6.07, 6.45) is 4.51. The van der Waals surface area contributed by atoms with Gasteiger partial charge < -0.3 is 9.88 Å². The second kappa shape index (κ2) is 7.14. The molecule has 6 heteroatoms. The van der Waals surface area contributed by atoms with Gasteiger partial charge in [0.25, 0.3) is 0 Å². The first-order valence-electron chi connectivity index (χ1n) is 8.21. The van der Waals surface area contributed by atoms with Crippen molar-refractivity contribution in [2.45, 2.75) is 56.0 Å². The average Bonchev–Trinajstić information content (AvgIpc) is 2.95. The molecule has 0 aliphatic carbocycles. The van der Waals surface area contributed by atoms with Crippen LogP contribution in [-0.2, 0) is 4.79 Å². The van der Waals surface area contributed by atoms with Crippen LogP contribution < -0.4 is 0 Å². The molecule has 2 heterocycles. The number of aromatic nitrogens is 2. The zero-order valence-corrected chi connectivity index (χ0v) is 15.1. The van der Waals surface area contributed by atoms with E-state index in [0.717, 1.165) is 42.0 Å². The Bertz CT molecular complexity index is 702. The molecule has 1 aliphatic rings. The van der Waals surface area contributed by atoms with E-state index in [1.807, 2.05) is 25.1 Å². The molecular weight excluding hydrogens is 330 g/mol. The van der Waals surface area contributed by atoms with Crippen molar-refractivity contribution in [1.82, 2.24) is 14.9 Å². The van der Waals surface area contributed by atoms with Crippen LogP contribution >= 0.6 is 23.4 Å². The highest BCUT2D eigenvalue weighted by Gasteiger charge is 2.29. The number of likely N-dealkylation sites (tertiary alicyclic amines) is 1. The number of piperidine rings is 1. The number of aromatic amines is 1. The Balaban J connectivity index is 1.71. The standard InChI is InChI=1S/C17H22ClN3OS/c1-3-13-6-4-5-9-21(13)16(22)11(2)23-17-19-14-8-7-12(18)10-15(14)20-17/h7-8,10-11,13H,3-6,9H2,1-2H3,(H,19,20). The third-order valence-corrected chi connectivity index (χ3v) is 5.65. The monoisotopic (exact) mass is 351 g/mol. The zero-order valence-electron chi connectivity index (χ0n) is 13.5. The van der Waals surface area contributed by atoms with Gasteiger partial charge >= 0.3 is 0 Å². The second-order valence-electron chi connectivity index (χ2n) is 6.05. The Morgan fingerprint density at radius 2 is 2.35 bits per heavy atom. The largest absolute Gasteiger partial charge is 0.339 e. The van der Waals surface area contributed by atoms with E-state index in [2.05, 4.69) is 21.8 Å². The maximum atomic E-state index is 12.8. The lowest BCUT2D eigenvalue weighted by molar-refractivity contribution is -0.134. The summed E-state index contributed by atoms with van der Waals surface area (Å²) in [6, 6.07) is 5.97. The fourth-order valence-corrected chi connectivity index (χ4v) is 4.24. The molecule has 0 radical (unpaired) electrons. The van der Waals surface area contributed by atoms with Crippen molar-refractivity contribution >= 4 is 40.3 Å². The minimum atomic E-state index is -0.141. The number of carbonyl (C=O) groups is 1. The van der Waals surface area contributed by atoms with E-state index in [9.17, 15) is 4.79 Å². The number of hydrogen-bond acceptors (Lipinski definition) is 3. The predicted octanol–water partition coefficient (Wildman–Crippen LogP) is 4.49. The van der Waals surface area contributed by atoms with Crippen LogP contribution in [0, 0.1) is 0 Å². The number of halogens is 1. The third-order valence-electron chi connectivity index (χ3n) is 4.44. The van der Waals surface area contributed by atoms with Crippen LogP contribution in [0.4, 0.5) is 0 Å². The minimum Gasteiger partial charge on any atom is -0.339 e. The Morgan fingerprint density at radius 1 is 1.52 bits per heavy atom. The number of nitrogens with one attached hydrogen (secondary N) is 1. The lowest BCUT2D eigenvalue weighted by Gasteiger charge is -2.36. The molecule has 1 aliphatic heterocycles. The molecule has 0 spiro atoms. The molecular formula is C17H22ClN3OS. The number of imidazole rings is 1. The fraction of sp³-hybridized carbons (Fsp3) is 0.529. The number of thioether (sulfide) groups is 1. The van der Waals surface area contributed by atoms with Gasteiger partial charge in [-0.15, -0.1) is 0 Å². The molecule has 1 N–H and O–H groups in total. The smallest absolute Gasteiger partial charge is 0.236 e. The number of H-pyrrole nitrogens is 1. The minimum absolute atomic E-state index is 0.141. The van der Waals surface area contributed by atoms with Gasteiger partial charge in [0, 0.05) is 17.6 Å². The van der Waals surface area contributed by atoms with E-state index in [1.54, 1.807) is 0 Å². The van der Waals surface area contributed by atoms with Gasteiger partial charge in [0.2, 0.25) is 5.91 Å². The molecule has 4 nitrogen and oxygen atoms in total. The van der Waals surface area contributed by atoms with Crippen molar-refractivity contribution in [3.63, 3.8) is 0 Å². The first-order valence-corrected chi connectivity index (χ1v) is 9.46. The molecule has 2 aromatic rings. The molecule has 1 aromatic heterocycles. The molecule has 23 heavy (non-hydrogen) atoms. The summed E-state index contributed by atoms with van der Waals surface area (Å²) in [5.74, 6) is 0.222. The summed E-state index contributed by atoms with van der Waals surface area (Å²) in [5, 5.41) is 1.31. The summed E-state index contributed by atoms with van der Waals surface area (Å²) in [5.41, 5.74) is 1.78. The van der Waals surface area contributed by atoms with E-state index in [-0.39, 0.29) is 11.2 Å². The fourth-order valence-electron chi connectivity index (χ4n) is 3.18. The summed E-state index contributed by atoms with van der Waals surface area (Å²) in [7, 11) is 0. The lowest BCUT2D eigenvalue weighted by atomic mass is 10.00.